The highest BCUT2D eigenvalue weighted by molar-refractivity contribution is 7.89. The number of fused-ring (bicyclic) bond motifs is 1. The molecule has 0 saturated carbocycles. The van der Waals surface area contributed by atoms with Crippen molar-refractivity contribution >= 4 is 50.3 Å². The first-order valence-corrected chi connectivity index (χ1v) is 11.9. The van der Waals surface area contributed by atoms with Gasteiger partial charge in [0.05, 0.1) is 21.8 Å². The predicted octanol–water partition coefficient (Wildman–Crippen LogP) is 4.55. The average molecular weight is 481 g/mol. The minimum Gasteiger partial charge on any atom is -0.337 e. The molecule has 4 rings (SSSR count). The molecule has 168 valence electrons. The monoisotopic (exact) mass is 480 g/mol. The molecule has 0 aliphatic heterocycles. The number of aromatic nitrogens is 1. The Labute approximate surface area is 196 Å². The number of hydrogen-bond acceptors (Lipinski definition) is 4. The van der Waals surface area contributed by atoms with Gasteiger partial charge >= 0.3 is 0 Å². The summed E-state index contributed by atoms with van der Waals surface area (Å²) in [6.07, 6.45) is 3.18. The van der Waals surface area contributed by atoms with Gasteiger partial charge in [-0.05, 0) is 37.3 Å². The largest absolute Gasteiger partial charge is 0.337 e. The first-order valence-electron chi connectivity index (χ1n) is 10.1. The van der Waals surface area contributed by atoms with Gasteiger partial charge < -0.3 is 9.88 Å². The van der Waals surface area contributed by atoms with Gasteiger partial charge in [-0.2, -0.15) is 13.5 Å². The number of carbonyl (C=O) groups excluding carboxylic acids is 1. The summed E-state index contributed by atoms with van der Waals surface area (Å²) in [6.45, 7) is 1.93. The third kappa shape index (κ3) is 5.24. The molecule has 7 nitrogen and oxygen atoms in total. The van der Waals surface area contributed by atoms with Crippen LogP contribution in [0.2, 0.25) is 5.02 Å². The number of hydrazone groups is 1. The van der Waals surface area contributed by atoms with E-state index in [2.05, 4.69) is 15.2 Å². The molecule has 0 radical (unpaired) electrons. The number of amides is 1. The standard InChI is InChI=1S/C24H21ClN4O3S/c1-17-10-12-19(13-11-17)33(31,32)28-26-14-18-15-29(23-9-5-2-6-20(18)23)16-24(30)27-22-8-4-3-7-21(22)25/h2-15,28H,16H2,1H3,(H,27,30)/b26-14+. The van der Waals surface area contributed by atoms with Crippen LogP contribution < -0.4 is 10.1 Å². The number of halogens is 1. The molecule has 0 bridgehead atoms. The Morgan fingerprint density at radius 2 is 1.73 bits per heavy atom. The molecule has 33 heavy (non-hydrogen) atoms. The van der Waals surface area contributed by atoms with Crippen molar-refractivity contribution in [1.29, 1.82) is 0 Å². The van der Waals surface area contributed by atoms with Gasteiger partial charge in [0.15, 0.2) is 0 Å². The maximum Gasteiger partial charge on any atom is 0.276 e. The third-order valence-electron chi connectivity index (χ3n) is 4.99. The van der Waals surface area contributed by atoms with Crippen LogP contribution in [0.1, 0.15) is 11.1 Å². The van der Waals surface area contributed by atoms with E-state index in [0.29, 0.717) is 16.3 Å². The van der Waals surface area contributed by atoms with Crippen molar-refractivity contribution < 1.29 is 13.2 Å². The van der Waals surface area contributed by atoms with Gasteiger partial charge in [0, 0.05) is 22.7 Å². The summed E-state index contributed by atoms with van der Waals surface area (Å²) < 4.78 is 26.7. The van der Waals surface area contributed by atoms with Gasteiger partial charge in [0.2, 0.25) is 5.91 Å². The molecule has 0 aliphatic rings. The van der Waals surface area contributed by atoms with E-state index in [1.807, 2.05) is 31.2 Å². The molecule has 0 atom stereocenters. The smallest absolute Gasteiger partial charge is 0.276 e. The molecule has 0 unspecified atom stereocenters. The minimum absolute atomic E-state index is 0.0503. The highest BCUT2D eigenvalue weighted by Gasteiger charge is 2.13. The van der Waals surface area contributed by atoms with Crippen LogP contribution in [0.3, 0.4) is 0 Å². The summed E-state index contributed by atoms with van der Waals surface area (Å²) in [6, 6.07) is 21.0. The molecule has 4 aromatic rings. The second-order valence-corrected chi connectivity index (χ2v) is 9.49. The minimum atomic E-state index is -3.78. The van der Waals surface area contributed by atoms with Crippen molar-refractivity contribution in [2.45, 2.75) is 18.4 Å². The van der Waals surface area contributed by atoms with Crippen LogP contribution in [0.4, 0.5) is 5.69 Å². The Balaban J connectivity index is 1.54. The number of hydrogen-bond donors (Lipinski definition) is 2. The van der Waals surface area contributed by atoms with E-state index in [4.69, 9.17) is 11.6 Å². The van der Waals surface area contributed by atoms with E-state index in [-0.39, 0.29) is 17.3 Å². The topological polar surface area (TPSA) is 92.6 Å². The summed E-state index contributed by atoms with van der Waals surface area (Å²) in [5.41, 5.74) is 2.98. The van der Waals surface area contributed by atoms with Crippen molar-refractivity contribution in [3.05, 3.63) is 95.1 Å². The van der Waals surface area contributed by atoms with Crippen molar-refractivity contribution in [3.63, 3.8) is 0 Å². The zero-order valence-corrected chi connectivity index (χ0v) is 19.3. The number of para-hydroxylation sites is 2. The Bertz CT molecular complexity index is 1440. The molecule has 0 aliphatic carbocycles. The Morgan fingerprint density at radius 3 is 2.48 bits per heavy atom. The quantitative estimate of drug-likeness (QED) is 0.300. The summed E-state index contributed by atoms with van der Waals surface area (Å²) >= 11 is 6.12. The van der Waals surface area contributed by atoms with Gasteiger partial charge in [-0.3, -0.25) is 4.79 Å². The number of rotatable bonds is 7. The van der Waals surface area contributed by atoms with Crippen molar-refractivity contribution in [1.82, 2.24) is 9.40 Å². The van der Waals surface area contributed by atoms with Crippen molar-refractivity contribution in [3.8, 4) is 0 Å². The highest BCUT2D eigenvalue weighted by Crippen LogP contribution is 2.22. The molecule has 9 heteroatoms. The first-order chi connectivity index (χ1) is 15.8. The van der Waals surface area contributed by atoms with E-state index in [9.17, 15) is 13.2 Å². The summed E-state index contributed by atoms with van der Waals surface area (Å²) in [4.78, 5) is 15.0. The normalized spacial score (nSPS) is 11.7. The van der Waals surface area contributed by atoms with E-state index in [1.54, 1.807) is 47.2 Å². The first kappa shape index (κ1) is 22.6. The lowest BCUT2D eigenvalue weighted by Gasteiger charge is -2.08. The second kappa shape index (κ2) is 9.48. The number of aryl methyl sites for hydroxylation is 1. The van der Waals surface area contributed by atoms with E-state index in [1.165, 1.54) is 18.3 Å². The summed E-state index contributed by atoms with van der Waals surface area (Å²) in [5, 5.41) is 8.03. The summed E-state index contributed by atoms with van der Waals surface area (Å²) in [5.74, 6) is -0.243. The number of nitrogens with one attached hydrogen (secondary N) is 2. The van der Waals surface area contributed by atoms with Gasteiger partial charge in [-0.1, -0.05) is 59.6 Å². The molecular weight excluding hydrogens is 460 g/mol. The Morgan fingerprint density at radius 1 is 1.03 bits per heavy atom. The average Bonchev–Trinajstić information content (AvgIpc) is 3.13. The Hall–Kier alpha value is -3.62. The SMILES string of the molecule is Cc1ccc(S(=O)(=O)N/N=C/c2cn(CC(=O)Nc3ccccc3Cl)c3ccccc23)cc1. The maximum absolute atomic E-state index is 12.6. The molecular formula is C24H21ClN4O3S. The fourth-order valence-electron chi connectivity index (χ4n) is 3.35. The second-order valence-electron chi connectivity index (χ2n) is 7.42. The van der Waals surface area contributed by atoms with Crippen LogP contribution in [0.5, 0.6) is 0 Å². The Kier molecular flexibility index (Phi) is 6.48. The fourth-order valence-corrected chi connectivity index (χ4v) is 4.33. The van der Waals surface area contributed by atoms with Crippen LogP contribution in [0, 0.1) is 6.92 Å². The van der Waals surface area contributed by atoms with E-state index >= 15 is 0 Å². The maximum atomic E-state index is 12.6. The van der Waals surface area contributed by atoms with Crippen molar-refractivity contribution in [2.24, 2.45) is 5.10 Å². The van der Waals surface area contributed by atoms with Crippen LogP contribution in [0.15, 0.2) is 89.0 Å². The number of sulfonamides is 1. The number of anilines is 1. The number of benzene rings is 3. The lowest BCUT2D eigenvalue weighted by atomic mass is 10.2. The van der Waals surface area contributed by atoms with E-state index < -0.39 is 10.0 Å². The highest BCUT2D eigenvalue weighted by atomic mass is 35.5. The van der Waals surface area contributed by atoms with Gasteiger partial charge in [0.1, 0.15) is 6.54 Å². The van der Waals surface area contributed by atoms with Crippen LogP contribution >= 0.6 is 11.6 Å². The number of carbonyl (C=O) groups is 1. The lowest BCUT2D eigenvalue weighted by molar-refractivity contribution is -0.116. The molecule has 1 aromatic heterocycles. The number of nitrogens with zero attached hydrogens (tertiary/aromatic N) is 2. The van der Waals surface area contributed by atoms with Crippen LogP contribution in [-0.2, 0) is 21.4 Å². The lowest BCUT2D eigenvalue weighted by Crippen LogP contribution is -2.18. The van der Waals surface area contributed by atoms with E-state index in [0.717, 1.165) is 16.5 Å². The molecule has 3 aromatic carbocycles. The van der Waals surface area contributed by atoms with Gasteiger partial charge in [-0.15, -0.1) is 0 Å². The predicted molar refractivity (Wildman–Crippen MR) is 131 cm³/mol. The van der Waals surface area contributed by atoms with Crippen LogP contribution in [-0.4, -0.2) is 25.1 Å². The summed E-state index contributed by atoms with van der Waals surface area (Å²) in [7, 11) is -3.78. The third-order valence-corrected chi connectivity index (χ3v) is 6.56. The molecule has 0 fully saturated rings. The van der Waals surface area contributed by atoms with Gasteiger partial charge in [-0.25, -0.2) is 4.83 Å². The zero-order valence-electron chi connectivity index (χ0n) is 17.7. The zero-order chi connectivity index (χ0) is 23.4. The van der Waals surface area contributed by atoms with Gasteiger partial charge in [0.25, 0.3) is 10.0 Å². The molecule has 0 spiro atoms. The molecule has 1 heterocycles. The molecule has 0 saturated heterocycles. The van der Waals surface area contributed by atoms with Crippen molar-refractivity contribution in [2.75, 3.05) is 5.32 Å². The molecule has 1 amide bonds. The molecule has 2 N–H and O–H groups in total. The fraction of sp³-hybridized carbons (Fsp3) is 0.0833. The van der Waals surface area contributed by atoms with Crippen LogP contribution in [0.25, 0.3) is 10.9 Å².